The molecule has 3 aromatic carbocycles. The zero-order valence-corrected chi connectivity index (χ0v) is 22.9. The van der Waals surface area contributed by atoms with Gasteiger partial charge in [0, 0.05) is 21.4 Å². The predicted molar refractivity (Wildman–Crippen MR) is 139 cm³/mol. The van der Waals surface area contributed by atoms with Gasteiger partial charge in [0.25, 0.3) is 19.3 Å². The SMILES string of the molecule is CNS(=O)(=O)c1ccc(C)cc1.Cc1ccc(S(=O)(=O)Cl)cc1.Cc1ccccc1.O=S(O)Cl. The van der Waals surface area contributed by atoms with Gasteiger partial charge in [-0.05, 0) is 52.1 Å². The molecule has 0 radical (unpaired) electrons. The van der Waals surface area contributed by atoms with Gasteiger partial charge in [-0.25, -0.2) is 25.8 Å². The second-order valence-electron chi connectivity index (χ2n) is 6.63. The quantitative estimate of drug-likeness (QED) is 0.332. The van der Waals surface area contributed by atoms with Crippen LogP contribution in [0.4, 0.5) is 0 Å². The predicted octanol–water partition coefficient (Wildman–Crippen LogP) is 5.18. The summed E-state index contributed by atoms with van der Waals surface area (Å²) in [6.07, 6.45) is 0. The van der Waals surface area contributed by atoms with Crippen LogP contribution < -0.4 is 4.72 Å². The fourth-order valence-corrected chi connectivity index (χ4v) is 3.57. The number of benzene rings is 3. The van der Waals surface area contributed by atoms with Crippen molar-refractivity contribution in [1.29, 1.82) is 0 Å². The molecule has 0 saturated carbocycles. The molecule has 0 amide bonds. The summed E-state index contributed by atoms with van der Waals surface area (Å²) < 4.78 is 62.2. The van der Waals surface area contributed by atoms with Crippen LogP contribution in [-0.4, -0.2) is 32.6 Å². The molecule has 0 bridgehead atoms. The van der Waals surface area contributed by atoms with Gasteiger partial charge in [0.15, 0.2) is 0 Å². The summed E-state index contributed by atoms with van der Waals surface area (Å²) in [5.41, 5.74) is 3.38. The minimum Gasteiger partial charge on any atom is -0.294 e. The number of hydrogen-bond donors (Lipinski definition) is 2. The van der Waals surface area contributed by atoms with Crippen molar-refractivity contribution < 1.29 is 25.6 Å². The molecule has 0 aromatic heterocycles. The highest BCUT2D eigenvalue weighted by molar-refractivity contribution is 8.13. The molecule has 7 nitrogen and oxygen atoms in total. The lowest BCUT2D eigenvalue weighted by Crippen LogP contribution is -2.18. The summed E-state index contributed by atoms with van der Waals surface area (Å²) >= 11 is 0. The van der Waals surface area contributed by atoms with Gasteiger partial charge in [0.1, 0.15) is 0 Å². The van der Waals surface area contributed by atoms with Crippen LogP contribution in [0.15, 0.2) is 88.7 Å². The first-order valence-electron chi connectivity index (χ1n) is 9.49. The van der Waals surface area contributed by atoms with Crippen LogP contribution in [-0.2, 0) is 29.4 Å². The minimum absolute atomic E-state index is 0.143. The van der Waals surface area contributed by atoms with Crippen LogP contribution in [0.25, 0.3) is 0 Å². The van der Waals surface area contributed by atoms with E-state index in [9.17, 15) is 16.8 Å². The molecule has 0 saturated heterocycles. The summed E-state index contributed by atoms with van der Waals surface area (Å²) in [5.74, 6) is 0. The summed E-state index contributed by atoms with van der Waals surface area (Å²) in [7, 11) is 1.83. The standard InChI is InChI=1S/C8H11NO2S.C7H7ClO2S.C7H8.ClHO2S/c1-7-3-5-8(6-4-7)12(10,11)9-2;1-6-2-4-7(5-3-6)11(8,9)10;1-7-5-3-2-4-6-7;1-4(2)3/h3-6,9H,1-2H3;2-5H,1H3;2-6H,1H3;(H,2,3). The van der Waals surface area contributed by atoms with E-state index in [0.717, 1.165) is 11.1 Å². The molecule has 188 valence electrons. The van der Waals surface area contributed by atoms with E-state index in [4.69, 9.17) is 19.4 Å². The van der Waals surface area contributed by atoms with Gasteiger partial charge in [-0.1, -0.05) is 71.3 Å². The molecular weight excluding hydrogens is 541 g/mol. The fraction of sp³-hybridized carbons (Fsp3) is 0.182. The maximum atomic E-state index is 11.2. The van der Waals surface area contributed by atoms with E-state index < -0.39 is 29.4 Å². The Bertz CT molecular complexity index is 1210. The normalized spacial score (nSPS) is 11.4. The third-order valence-electron chi connectivity index (χ3n) is 3.84. The van der Waals surface area contributed by atoms with Gasteiger partial charge >= 0.3 is 0 Å². The van der Waals surface area contributed by atoms with Crippen molar-refractivity contribution in [3.05, 3.63) is 95.6 Å². The maximum Gasteiger partial charge on any atom is 0.261 e. The van der Waals surface area contributed by atoms with Crippen LogP contribution in [0.2, 0.25) is 0 Å². The molecule has 0 aliphatic rings. The van der Waals surface area contributed by atoms with Crippen molar-refractivity contribution in [2.24, 2.45) is 0 Å². The van der Waals surface area contributed by atoms with Gasteiger partial charge in [-0.3, -0.25) is 4.55 Å². The first kappa shape index (κ1) is 32.2. The van der Waals surface area contributed by atoms with Gasteiger partial charge in [-0.2, -0.15) is 0 Å². The summed E-state index contributed by atoms with van der Waals surface area (Å²) in [4.78, 5) is 0.445. The average Bonchev–Trinajstić information content (AvgIpc) is 2.75. The van der Waals surface area contributed by atoms with Crippen molar-refractivity contribution in [1.82, 2.24) is 4.72 Å². The monoisotopic (exact) mass is 567 g/mol. The molecule has 1 unspecified atom stereocenters. The zero-order valence-electron chi connectivity index (χ0n) is 19.0. The van der Waals surface area contributed by atoms with Crippen molar-refractivity contribution >= 4 is 50.7 Å². The van der Waals surface area contributed by atoms with E-state index >= 15 is 0 Å². The number of aryl methyl sites for hydroxylation is 3. The highest BCUT2D eigenvalue weighted by Gasteiger charge is 2.09. The number of nitrogens with one attached hydrogen (secondary N) is 1. The Hall–Kier alpha value is -1.79. The third kappa shape index (κ3) is 15.2. The van der Waals surface area contributed by atoms with Gasteiger partial charge in [0.2, 0.25) is 10.0 Å². The molecule has 2 N–H and O–H groups in total. The van der Waals surface area contributed by atoms with Crippen LogP contribution in [0.1, 0.15) is 16.7 Å². The minimum atomic E-state index is -3.55. The fourth-order valence-electron chi connectivity index (χ4n) is 2.07. The first-order chi connectivity index (χ1) is 15.7. The van der Waals surface area contributed by atoms with Crippen molar-refractivity contribution in [2.45, 2.75) is 30.6 Å². The summed E-state index contributed by atoms with van der Waals surface area (Å²) in [6, 6.07) is 23.3. The van der Waals surface area contributed by atoms with Crippen molar-refractivity contribution in [3.63, 3.8) is 0 Å². The van der Waals surface area contributed by atoms with Gasteiger partial charge < -0.3 is 0 Å². The molecule has 1 atom stereocenters. The molecule has 3 aromatic rings. The van der Waals surface area contributed by atoms with Gasteiger partial charge in [0.05, 0.1) is 9.79 Å². The second-order valence-corrected chi connectivity index (χ2v) is 12.3. The number of halogens is 2. The lowest BCUT2D eigenvalue weighted by Gasteiger charge is -2.01. The molecule has 12 heteroatoms. The van der Waals surface area contributed by atoms with Gasteiger partial charge in [-0.15, -0.1) is 0 Å². The van der Waals surface area contributed by atoms with Crippen LogP contribution in [0, 0.1) is 20.8 Å². The van der Waals surface area contributed by atoms with E-state index in [1.807, 2.05) is 32.0 Å². The lowest BCUT2D eigenvalue weighted by atomic mass is 10.2. The number of hydrogen-bond acceptors (Lipinski definition) is 5. The molecule has 0 heterocycles. The Morgan fingerprint density at radius 2 is 1.03 bits per heavy atom. The molecule has 0 fully saturated rings. The Balaban J connectivity index is 0.000000456. The third-order valence-corrected chi connectivity index (χ3v) is 6.64. The van der Waals surface area contributed by atoms with Crippen molar-refractivity contribution in [2.75, 3.05) is 7.05 Å². The Morgan fingerprint density at radius 1 is 0.706 bits per heavy atom. The van der Waals surface area contributed by atoms with Crippen molar-refractivity contribution in [3.8, 4) is 0 Å². The average molecular weight is 569 g/mol. The summed E-state index contributed by atoms with van der Waals surface area (Å²) in [5, 5.41) is 0. The molecule has 3 rings (SSSR count). The molecule has 0 aliphatic carbocycles. The van der Waals surface area contributed by atoms with E-state index in [-0.39, 0.29) is 4.90 Å². The van der Waals surface area contributed by atoms with Crippen LogP contribution in [0.3, 0.4) is 0 Å². The zero-order chi connectivity index (χ0) is 26.4. The van der Waals surface area contributed by atoms with E-state index in [0.29, 0.717) is 4.90 Å². The van der Waals surface area contributed by atoms with E-state index in [1.165, 1.54) is 24.7 Å². The Labute approximate surface area is 213 Å². The molecule has 0 aliphatic heterocycles. The van der Waals surface area contributed by atoms with E-state index in [1.54, 1.807) is 36.4 Å². The Morgan fingerprint density at radius 3 is 1.29 bits per heavy atom. The second kappa shape index (κ2) is 16.0. The van der Waals surface area contributed by atoms with Crippen LogP contribution in [0.5, 0.6) is 0 Å². The maximum absolute atomic E-state index is 11.2. The Kier molecular flexibility index (Phi) is 15.1. The first-order valence-corrected chi connectivity index (χ1v) is 15.2. The molecule has 0 spiro atoms. The molecule has 34 heavy (non-hydrogen) atoms. The van der Waals surface area contributed by atoms with E-state index in [2.05, 4.69) is 34.5 Å². The highest BCUT2D eigenvalue weighted by Crippen LogP contribution is 2.14. The topological polar surface area (TPSA) is 118 Å². The smallest absolute Gasteiger partial charge is 0.261 e. The molecular formula is C22H27Cl2NO6S3. The lowest BCUT2D eigenvalue weighted by molar-refractivity contribution is 0.579. The highest BCUT2D eigenvalue weighted by atomic mass is 35.7. The van der Waals surface area contributed by atoms with Crippen LogP contribution >= 0.6 is 21.4 Å². The summed E-state index contributed by atoms with van der Waals surface area (Å²) in [6.45, 7) is 5.88. The largest absolute Gasteiger partial charge is 0.294 e. The number of rotatable bonds is 3. The number of sulfonamides is 1.